The molecule has 6 aliphatic carbocycles. The minimum atomic E-state index is -1.90. The smallest absolute Gasteiger partial charge is 0.353 e. The van der Waals surface area contributed by atoms with Gasteiger partial charge in [-0.3, -0.25) is 24.0 Å². The van der Waals surface area contributed by atoms with Crippen LogP contribution in [0, 0.1) is 69.5 Å². The van der Waals surface area contributed by atoms with Crippen molar-refractivity contribution in [2.24, 2.45) is 69.5 Å². The summed E-state index contributed by atoms with van der Waals surface area (Å²) in [6.07, 6.45) is -4.48. The molecule has 8 fully saturated rings. The van der Waals surface area contributed by atoms with Gasteiger partial charge >= 0.3 is 29.8 Å². The van der Waals surface area contributed by atoms with Crippen molar-refractivity contribution < 1.29 is 67.4 Å². The van der Waals surface area contributed by atoms with Crippen LogP contribution in [-0.2, 0) is 57.2 Å². The van der Waals surface area contributed by atoms with Gasteiger partial charge in [0.1, 0.15) is 18.3 Å². The van der Waals surface area contributed by atoms with Crippen LogP contribution in [0.3, 0.4) is 0 Å². The van der Waals surface area contributed by atoms with Crippen molar-refractivity contribution in [3.05, 3.63) is 0 Å². The number of aliphatic hydroxyl groups excluding tert-OH is 1. The summed E-state index contributed by atoms with van der Waals surface area (Å²) in [7, 11) is 0. The third kappa shape index (κ3) is 4.39. The number of rotatable bonds is 6. The Bertz CT molecular complexity index is 1740. The molecular weight excluding hydrogens is 704 g/mol. The van der Waals surface area contributed by atoms with E-state index in [-0.39, 0.29) is 31.1 Å². The fraction of sp³-hybridized carbons (Fsp3) is 0.850. The lowest BCUT2D eigenvalue weighted by Crippen LogP contribution is -2.70. The van der Waals surface area contributed by atoms with E-state index in [0.29, 0.717) is 6.42 Å². The van der Waals surface area contributed by atoms with Crippen LogP contribution in [-0.4, -0.2) is 93.4 Å². The van der Waals surface area contributed by atoms with Crippen LogP contribution >= 0.6 is 0 Å². The van der Waals surface area contributed by atoms with E-state index < -0.39 is 141 Å². The Morgan fingerprint density at radius 3 is 2.09 bits per heavy atom. The highest BCUT2D eigenvalue weighted by Crippen LogP contribution is 2.81. The number of ketones is 1. The maximum absolute atomic E-state index is 15.0. The van der Waals surface area contributed by atoms with E-state index in [4.69, 9.17) is 28.4 Å². The van der Waals surface area contributed by atoms with Crippen LogP contribution in [0.15, 0.2) is 0 Å². The van der Waals surface area contributed by atoms with E-state index in [1.165, 1.54) is 27.7 Å². The van der Waals surface area contributed by atoms with E-state index in [1.807, 2.05) is 34.6 Å². The standard InChI is InChI=1S/C40H54O14/c1-15(2)11-24(44)52-38(10)34(47)54-40-32(53-40)16(3)26-28(37(38,40)9)30(46)27-25-20(12-23(36(26,27)8)49-17(4)41)35(7)21(29(45)31(25)50-18(5)42)13-39(48)14-22(39)33(35)51-19(6)43/h15-16,20-23,25-28,30-33,46,48H,11-14H2,1-10H3/t16-,20-,21+,22+,23-,25+,26-,27+,28-,30+,31+,32+,33-,35+,36+,37-,38+,39+,40-/m0/s1. The van der Waals surface area contributed by atoms with Gasteiger partial charge in [0.2, 0.25) is 5.60 Å². The quantitative estimate of drug-likeness (QED) is 0.227. The van der Waals surface area contributed by atoms with Crippen molar-refractivity contribution in [2.45, 2.75) is 142 Å². The molecule has 14 nitrogen and oxygen atoms in total. The maximum Gasteiger partial charge on any atom is 0.353 e. The predicted molar refractivity (Wildman–Crippen MR) is 182 cm³/mol. The molecule has 0 aromatic heterocycles. The fourth-order valence-electron chi connectivity index (χ4n) is 14.0. The summed E-state index contributed by atoms with van der Waals surface area (Å²) in [5.74, 6) is -10.7. The third-order valence-corrected chi connectivity index (χ3v) is 16.2. The van der Waals surface area contributed by atoms with Crippen LogP contribution in [0.1, 0.15) is 94.9 Å². The highest BCUT2D eigenvalue weighted by molar-refractivity contribution is 5.90. The van der Waals surface area contributed by atoms with Gasteiger partial charge in [-0.1, -0.05) is 34.6 Å². The summed E-state index contributed by atoms with van der Waals surface area (Å²) < 4.78 is 36.9. The summed E-state index contributed by atoms with van der Waals surface area (Å²) in [6.45, 7) is 16.5. The highest BCUT2D eigenvalue weighted by Gasteiger charge is 2.93. The van der Waals surface area contributed by atoms with E-state index in [2.05, 4.69) is 0 Å². The third-order valence-electron chi connectivity index (χ3n) is 16.2. The SMILES string of the molecule is CC(=O)O[C@H]1C[C@H]2[C@H]([C@@H]3[C@@H](O)[C@@H]4[C@H]([C@H](C)[C@H]5O[C@]56OC(=O)[C@@](C)(OC(=O)CC(C)C)[C@]46C)[C@]31C)[C@@H](OC(C)=O)C(=O)[C@H]1C[C@@]3(O)C[C@@H]3[C@H](OC(C)=O)[C@@]12C. The molecule has 298 valence electrons. The molecule has 0 radical (unpaired) electrons. The molecule has 14 heteroatoms. The molecule has 2 heterocycles. The van der Waals surface area contributed by atoms with Gasteiger partial charge in [-0.25, -0.2) is 4.79 Å². The van der Waals surface area contributed by atoms with Gasteiger partial charge in [0.15, 0.2) is 11.9 Å². The maximum atomic E-state index is 15.0. The molecule has 19 atom stereocenters. The van der Waals surface area contributed by atoms with E-state index in [9.17, 15) is 39.0 Å². The Hall–Kier alpha value is -3.10. The topological polar surface area (TPSA) is 202 Å². The van der Waals surface area contributed by atoms with E-state index in [1.54, 1.807) is 6.92 Å². The molecule has 8 aliphatic rings. The number of hydrogen-bond acceptors (Lipinski definition) is 14. The van der Waals surface area contributed by atoms with Gasteiger partial charge in [0, 0.05) is 67.6 Å². The second-order valence-corrected chi connectivity index (χ2v) is 19.2. The van der Waals surface area contributed by atoms with Gasteiger partial charge in [-0.15, -0.1) is 0 Å². The summed E-state index contributed by atoms with van der Waals surface area (Å²) in [5.41, 5.74) is -6.81. The lowest BCUT2D eigenvalue weighted by molar-refractivity contribution is -0.245. The number of carbonyl (C=O) groups is 6. The largest absolute Gasteiger partial charge is 0.462 e. The molecule has 8 rings (SSSR count). The van der Waals surface area contributed by atoms with Crippen LogP contribution in [0.5, 0.6) is 0 Å². The molecular formula is C40H54O14. The van der Waals surface area contributed by atoms with Gasteiger partial charge in [-0.05, 0) is 56.8 Å². The molecule has 0 bridgehead atoms. The fourth-order valence-corrected chi connectivity index (χ4v) is 14.0. The summed E-state index contributed by atoms with van der Waals surface area (Å²) in [5, 5.41) is 24.7. The Morgan fingerprint density at radius 1 is 0.870 bits per heavy atom. The van der Waals surface area contributed by atoms with Crippen molar-refractivity contribution in [1.82, 2.24) is 0 Å². The Morgan fingerprint density at radius 2 is 1.50 bits per heavy atom. The number of carbonyl (C=O) groups excluding carboxylic acids is 6. The molecule has 2 saturated heterocycles. The Labute approximate surface area is 314 Å². The molecule has 54 heavy (non-hydrogen) atoms. The average Bonchev–Trinajstić information content (AvgIpc) is 3.92. The first-order chi connectivity index (χ1) is 25.0. The zero-order valence-electron chi connectivity index (χ0n) is 32.7. The Balaban J connectivity index is 1.33. The number of Topliss-reactive ketones (excluding diaryl/α,β-unsaturated/α-hetero) is 1. The molecule has 0 unspecified atom stereocenters. The summed E-state index contributed by atoms with van der Waals surface area (Å²) >= 11 is 0. The number of aliphatic hydroxyl groups is 2. The number of ether oxygens (including phenoxy) is 6. The zero-order valence-corrected chi connectivity index (χ0v) is 32.7. The molecule has 1 spiro atoms. The van der Waals surface area contributed by atoms with Crippen molar-refractivity contribution in [2.75, 3.05) is 0 Å². The number of fused-ring (bicyclic) bond motifs is 9. The number of hydrogen-bond donors (Lipinski definition) is 2. The van der Waals surface area contributed by atoms with Crippen LogP contribution in [0.4, 0.5) is 0 Å². The molecule has 2 N–H and O–H groups in total. The first-order valence-electron chi connectivity index (χ1n) is 19.5. The number of epoxide rings is 1. The van der Waals surface area contributed by atoms with Gasteiger partial charge in [-0.2, -0.15) is 0 Å². The van der Waals surface area contributed by atoms with E-state index in [0.717, 1.165) is 0 Å². The van der Waals surface area contributed by atoms with Crippen molar-refractivity contribution in [1.29, 1.82) is 0 Å². The molecule has 0 amide bonds. The second kappa shape index (κ2) is 11.3. The molecule has 0 aromatic carbocycles. The van der Waals surface area contributed by atoms with Gasteiger partial charge in [0.05, 0.1) is 17.1 Å². The van der Waals surface area contributed by atoms with Crippen LogP contribution in [0.25, 0.3) is 0 Å². The Kier molecular flexibility index (Phi) is 7.89. The van der Waals surface area contributed by atoms with Gasteiger partial charge in [0.25, 0.3) is 5.79 Å². The van der Waals surface area contributed by atoms with E-state index >= 15 is 0 Å². The average molecular weight is 759 g/mol. The summed E-state index contributed by atoms with van der Waals surface area (Å²) in [6, 6.07) is 0. The first kappa shape index (κ1) is 37.8. The normalized spacial score (nSPS) is 54.3. The van der Waals surface area contributed by atoms with Crippen molar-refractivity contribution >= 4 is 35.6 Å². The zero-order chi connectivity index (χ0) is 39.6. The first-order valence-corrected chi connectivity index (χ1v) is 19.5. The lowest BCUT2D eigenvalue weighted by Gasteiger charge is -2.64. The minimum absolute atomic E-state index is 0.0352. The van der Waals surface area contributed by atoms with Crippen molar-refractivity contribution in [3.8, 4) is 0 Å². The van der Waals surface area contributed by atoms with Crippen LogP contribution in [0.2, 0.25) is 0 Å². The van der Waals surface area contributed by atoms with Crippen LogP contribution < -0.4 is 0 Å². The predicted octanol–water partition coefficient (Wildman–Crippen LogP) is 2.66. The summed E-state index contributed by atoms with van der Waals surface area (Å²) in [4.78, 5) is 81.1. The van der Waals surface area contributed by atoms with Gasteiger partial charge < -0.3 is 38.6 Å². The molecule has 0 aromatic rings. The number of esters is 5. The minimum Gasteiger partial charge on any atom is -0.462 e. The molecule has 6 saturated carbocycles. The monoisotopic (exact) mass is 758 g/mol. The lowest BCUT2D eigenvalue weighted by atomic mass is 9.41. The highest BCUT2D eigenvalue weighted by atomic mass is 16.8. The second-order valence-electron chi connectivity index (χ2n) is 19.2. The van der Waals surface area contributed by atoms with Crippen molar-refractivity contribution in [3.63, 3.8) is 0 Å². The molecule has 2 aliphatic heterocycles.